The topological polar surface area (TPSA) is 20.2 Å². The van der Waals surface area contributed by atoms with Crippen LogP contribution in [-0.2, 0) is 0 Å². The van der Waals surface area contributed by atoms with Crippen molar-refractivity contribution in [3.63, 3.8) is 0 Å². The molecule has 0 unspecified atom stereocenters. The van der Waals surface area contributed by atoms with E-state index in [4.69, 9.17) is 5.11 Å². The molecule has 2 heteroatoms. The van der Waals surface area contributed by atoms with Crippen LogP contribution in [0.25, 0.3) is 0 Å². The molecule has 1 rings (SSSR count). The maximum absolute atomic E-state index is 8.96. The molecule has 0 heterocycles. The molecule has 1 aromatic rings. The zero-order valence-electron chi connectivity index (χ0n) is 4.33. The van der Waals surface area contributed by atoms with Crippen LogP contribution in [0.2, 0.25) is 0 Å². The van der Waals surface area contributed by atoms with E-state index in [-0.39, 0.29) is 0 Å². The number of hydrogen-bond donors (Lipinski definition) is 1. The summed E-state index contributed by atoms with van der Waals surface area (Å²) in [5, 5.41) is 8.96. The molecule has 0 spiro atoms. The molecule has 1 aromatic carbocycles. The summed E-state index contributed by atoms with van der Waals surface area (Å²) in [6.45, 7) is 0. The molecule has 0 aliphatic heterocycles. The van der Waals surface area contributed by atoms with Crippen molar-refractivity contribution in [3.8, 4) is 5.75 Å². The molecule has 0 atom stereocenters. The fraction of sp³-hybridized carbons (Fsp3) is 0. The standard InChI is InChI=1S/C6H5O.Tl/c7-6-4-2-1-3-5-6;/h1-4,7H;. The summed E-state index contributed by atoms with van der Waals surface area (Å²) in [5.41, 5.74) is 0. The summed E-state index contributed by atoms with van der Waals surface area (Å²) in [6, 6.07) is 7.44. The van der Waals surface area contributed by atoms with Gasteiger partial charge in [0.15, 0.2) is 0 Å². The van der Waals surface area contributed by atoms with Crippen molar-refractivity contribution >= 4 is 28.9 Å². The Bertz CT molecular complexity index is 165. The molecule has 0 saturated carbocycles. The average Bonchev–Trinajstić information content (AvgIpc) is 1.77. The van der Waals surface area contributed by atoms with Gasteiger partial charge in [-0.1, -0.05) is 0 Å². The third kappa shape index (κ3) is 1.21. The van der Waals surface area contributed by atoms with Crippen LogP contribution in [0.3, 0.4) is 0 Å². The molecule has 1 N–H and O–H groups in total. The van der Waals surface area contributed by atoms with Crippen molar-refractivity contribution in [2.45, 2.75) is 0 Å². The first-order valence-electron chi connectivity index (χ1n) is 2.34. The second-order valence-corrected chi connectivity index (χ2v) is 3.98. The van der Waals surface area contributed by atoms with E-state index in [2.05, 4.69) is 0 Å². The van der Waals surface area contributed by atoms with Crippen molar-refractivity contribution in [2.24, 2.45) is 0 Å². The third-order valence-corrected chi connectivity index (χ3v) is 2.83. The Morgan fingerprint density at radius 1 is 1.25 bits per heavy atom. The van der Waals surface area contributed by atoms with Crippen LogP contribution in [0.15, 0.2) is 24.3 Å². The normalized spacial score (nSPS) is 8.88. The zero-order valence-corrected chi connectivity index (χ0v) is 8.82. The molecule has 0 aliphatic rings. The van der Waals surface area contributed by atoms with Crippen LogP contribution in [-0.4, -0.2) is 30.9 Å². The predicted octanol–water partition coefficient (Wildman–Crippen LogP) is 0.186. The van der Waals surface area contributed by atoms with Crippen LogP contribution >= 0.6 is 0 Å². The van der Waals surface area contributed by atoms with E-state index >= 15 is 0 Å². The van der Waals surface area contributed by atoms with E-state index in [1.807, 2.05) is 18.2 Å². The Morgan fingerprint density at radius 3 is 2.25 bits per heavy atom. The molecule has 0 fully saturated rings. The van der Waals surface area contributed by atoms with Gasteiger partial charge in [0, 0.05) is 0 Å². The summed E-state index contributed by atoms with van der Waals surface area (Å²) in [6.07, 6.45) is 0. The number of benzene rings is 1. The van der Waals surface area contributed by atoms with Gasteiger partial charge in [0.05, 0.1) is 0 Å². The Labute approximate surface area is 64.0 Å². The summed E-state index contributed by atoms with van der Waals surface area (Å²) in [7, 11) is 0. The molecule has 0 radical (unpaired) electrons. The number of para-hydroxylation sites is 1. The second-order valence-electron chi connectivity index (χ2n) is 1.56. The van der Waals surface area contributed by atoms with Gasteiger partial charge in [-0.2, -0.15) is 0 Å². The van der Waals surface area contributed by atoms with Gasteiger partial charge in [0.2, 0.25) is 0 Å². The molecule has 38 valence electrons. The first-order chi connectivity index (χ1) is 3.80. The van der Waals surface area contributed by atoms with Gasteiger partial charge in [-0.15, -0.1) is 0 Å². The van der Waals surface area contributed by atoms with E-state index in [0.29, 0.717) is 5.75 Å². The Hall–Kier alpha value is -0.0579. The number of rotatable bonds is 0. The molecular weight excluding hydrogens is 292 g/mol. The third-order valence-electron chi connectivity index (χ3n) is 0.937. The quantitative estimate of drug-likeness (QED) is 0.678. The monoisotopic (exact) mass is 298 g/mol. The van der Waals surface area contributed by atoms with Crippen LogP contribution in [0.1, 0.15) is 0 Å². The minimum atomic E-state index is 0.442. The molecule has 0 bridgehead atoms. The minimum absolute atomic E-state index is 0.442. The Morgan fingerprint density at radius 2 is 1.88 bits per heavy atom. The summed E-state index contributed by atoms with van der Waals surface area (Å²) < 4.78 is 1.09. The van der Waals surface area contributed by atoms with Crippen LogP contribution in [0.5, 0.6) is 5.75 Å². The van der Waals surface area contributed by atoms with Gasteiger partial charge >= 0.3 is 64.0 Å². The van der Waals surface area contributed by atoms with E-state index < -0.39 is 0 Å². The molecular formula is C6H5OTl. The van der Waals surface area contributed by atoms with Gasteiger partial charge in [-0.05, 0) is 0 Å². The molecule has 0 aromatic heterocycles. The Kier molecular flexibility index (Phi) is 1.88. The molecule has 0 saturated heterocycles. The van der Waals surface area contributed by atoms with E-state index in [1.165, 1.54) is 0 Å². The maximum atomic E-state index is 8.96. The van der Waals surface area contributed by atoms with Crippen molar-refractivity contribution in [1.82, 2.24) is 0 Å². The number of phenolic OH excluding ortho intramolecular Hbond substituents is 1. The van der Waals surface area contributed by atoms with Gasteiger partial charge in [-0.3, -0.25) is 0 Å². The van der Waals surface area contributed by atoms with Gasteiger partial charge in [0.1, 0.15) is 0 Å². The van der Waals surface area contributed by atoms with Crippen molar-refractivity contribution in [1.29, 1.82) is 0 Å². The van der Waals surface area contributed by atoms with Gasteiger partial charge in [-0.25, -0.2) is 0 Å². The van der Waals surface area contributed by atoms with E-state index in [1.54, 1.807) is 6.07 Å². The van der Waals surface area contributed by atoms with Crippen LogP contribution in [0.4, 0.5) is 0 Å². The van der Waals surface area contributed by atoms with Crippen LogP contribution in [0, 0.1) is 0 Å². The van der Waals surface area contributed by atoms with Gasteiger partial charge in [0.25, 0.3) is 0 Å². The fourth-order valence-corrected chi connectivity index (χ4v) is 1.29. The SMILES string of the molecule is Oc1cccc[c]1[Tl]. The van der Waals surface area contributed by atoms with Crippen molar-refractivity contribution in [3.05, 3.63) is 24.3 Å². The zero-order chi connectivity index (χ0) is 5.98. The summed E-state index contributed by atoms with van der Waals surface area (Å²) in [4.78, 5) is 0. The average molecular weight is 297 g/mol. The van der Waals surface area contributed by atoms with E-state index in [9.17, 15) is 0 Å². The predicted molar refractivity (Wildman–Crippen MR) is 33.5 cm³/mol. The second kappa shape index (κ2) is 2.48. The first kappa shape index (κ1) is 6.07. The number of hydrogen-bond acceptors (Lipinski definition) is 1. The fourth-order valence-electron chi connectivity index (χ4n) is 0.488. The first-order valence-corrected chi connectivity index (χ1v) is 4.58. The van der Waals surface area contributed by atoms with Crippen LogP contribution < -0.4 is 3.12 Å². The van der Waals surface area contributed by atoms with Crippen molar-refractivity contribution < 1.29 is 5.11 Å². The molecule has 0 aliphatic carbocycles. The number of phenols is 1. The summed E-state index contributed by atoms with van der Waals surface area (Å²) in [5.74, 6) is 0.442. The number of aromatic hydroxyl groups is 1. The molecule has 1 nitrogen and oxygen atoms in total. The molecule has 8 heavy (non-hydrogen) atoms. The Balaban J connectivity index is 3.13. The summed E-state index contributed by atoms with van der Waals surface area (Å²) >= 11 is 0.737. The van der Waals surface area contributed by atoms with E-state index in [0.717, 1.165) is 28.9 Å². The molecule has 0 amide bonds. The van der Waals surface area contributed by atoms with Gasteiger partial charge < -0.3 is 0 Å². The van der Waals surface area contributed by atoms with Crippen molar-refractivity contribution in [2.75, 3.05) is 0 Å².